The molecule has 1 fully saturated rings. The van der Waals surface area contributed by atoms with Gasteiger partial charge in [0.1, 0.15) is 0 Å². The van der Waals surface area contributed by atoms with Crippen LogP contribution in [-0.4, -0.2) is 46.1 Å². The van der Waals surface area contributed by atoms with Gasteiger partial charge in [-0.2, -0.15) is 0 Å². The number of carbonyl (C=O) groups is 3. The number of allylic oxidation sites excluding steroid dienone is 1. The van der Waals surface area contributed by atoms with E-state index in [0.717, 1.165) is 27.7 Å². The van der Waals surface area contributed by atoms with E-state index in [-0.39, 0.29) is 23.6 Å². The van der Waals surface area contributed by atoms with Gasteiger partial charge in [0.15, 0.2) is 5.78 Å². The lowest BCUT2D eigenvalue weighted by Gasteiger charge is -2.40. The van der Waals surface area contributed by atoms with Crippen LogP contribution in [0.2, 0.25) is 0 Å². The Morgan fingerprint density at radius 1 is 1.42 bits per heavy atom. The van der Waals surface area contributed by atoms with E-state index in [9.17, 15) is 14.4 Å². The van der Waals surface area contributed by atoms with Crippen molar-refractivity contribution >= 4 is 28.6 Å². The molecule has 2 aromatic rings. The number of urea groups is 1. The van der Waals surface area contributed by atoms with Crippen molar-refractivity contribution in [3.8, 4) is 0 Å². The molecule has 122 valence electrons. The minimum Gasteiger partial charge on any atom is -0.357 e. The second kappa shape index (κ2) is 5.06. The van der Waals surface area contributed by atoms with Crippen molar-refractivity contribution < 1.29 is 14.4 Å². The molecule has 3 amide bonds. The van der Waals surface area contributed by atoms with Gasteiger partial charge < -0.3 is 9.88 Å². The molecule has 2 bridgehead atoms. The molecule has 3 heterocycles. The Morgan fingerprint density at radius 2 is 2.21 bits per heavy atom. The van der Waals surface area contributed by atoms with Crippen LogP contribution in [0.25, 0.3) is 10.9 Å². The van der Waals surface area contributed by atoms with Gasteiger partial charge >= 0.3 is 6.03 Å². The molecule has 1 unspecified atom stereocenters. The maximum absolute atomic E-state index is 12.6. The first-order valence-electron chi connectivity index (χ1n) is 7.84. The Balaban J connectivity index is 1.84. The number of amides is 3. The van der Waals surface area contributed by atoms with Crippen LogP contribution in [0.4, 0.5) is 4.79 Å². The molecule has 1 atom stereocenters. The predicted molar refractivity (Wildman–Crippen MR) is 88.5 cm³/mol. The first-order chi connectivity index (χ1) is 11.5. The fourth-order valence-electron chi connectivity index (χ4n) is 3.68. The standard InChI is InChI=1S/C18H17N3O3/c1-3-11(22)6-10-4-5-14-12(7-10)16-13-8-21(9-15(16)19-14)18(24)20(2)17(13)23/h3-5,7,13,19H,1,6,8-9H2,2H3. The summed E-state index contributed by atoms with van der Waals surface area (Å²) in [5, 5.41) is 0.958. The molecule has 0 aliphatic carbocycles. The number of hydrogen-bond donors (Lipinski definition) is 1. The maximum Gasteiger partial charge on any atom is 0.326 e. The summed E-state index contributed by atoms with van der Waals surface area (Å²) >= 11 is 0. The molecule has 6 nitrogen and oxygen atoms in total. The summed E-state index contributed by atoms with van der Waals surface area (Å²) in [5.41, 5.74) is 3.68. The third-order valence-electron chi connectivity index (χ3n) is 4.88. The lowest BCUT2D eigenvalue weighted by atomic mass is 9.88. The lowest BCUT2D eigenvalue weighted by molar-refractivity contribution is -0.132. The average molecular weight is 323 g/mol. The number of benzene rings is 1. The number of H-pyrrole nitrogens is 1. The van der Waals surface area contributed by atoms with Gasteiger partial charge in [-0.05, 0) is 29.3 Å². The number of likely N-dealkylation sites (N-methyl/N-ethyl adjacent to an activating group) is 1. The van der Waals surface area contributed by atoms with Crippen molar-refractivity contribution in [3.05, 3.63) is 47.7 Å². The van der Waals surface area contributed by atoms with E-state index in [2.05, 4.69) is 11.6 Å². The second-order valence-corrected chi connectivity index (χ2v) is 6.36. The third kappa shape index (κ3) is 1.99. The van der Waals surface area contributed by atoms with E-state index < -0.39 is 0 Å². The molecule has 0 spiro atoms. The van der Waals surface area contributed by atoms with Crippen molar-refractivity contribution in [3.63, 3.8) is 0 Å². The number of nitrogens with zero attached hydrogens (tertiary/aromatic N) is 2. The summed E-state index contributed by atoms with van der Waals surface area (Å²) in [6.45, 7) is 4.39. The van der Waals surface area contributed by atoms with Crippen LogP contribution in [0.15, 0.2) is 30.9 Å². The molecular weight excluding hydrogens is 306 g/mol. The molecule has 1 aromatic heterocycles. The van der Waals surface area contributed by atoms with E-state index in [1.165, 1.54) is 18.0 Å². The molecule has 2 aliphatic heterocycles. The summed E-state index contributed by atoms with van der Waals surface area (Å²) < 4.78 is 0. The van der Waals surface area contributed by atoms with Crippen LogP contribution in [0.3, 0.4) is 0 Å². The normalized spacial score (nSPS) is 19.6. The fourth-order valence-corrected chi connectivity index (χ4v) is 3.68. The van der Waals surface area contributed by atoms with Gasteiger partial charge in [0.25, 0.3) is 0 Å². The van der Waals surface area contributed by atoms with Crippen molar-refractivity contribution in [2.24, 2.45) is 0 Å². The summed E-state index contributed by atoms with van der Waals surface area (Å²) in [6, 6.07) is 5.54. The maximum atomic E-state index is 12.6. The Bertz CT molecular complexity index is 912. The van der Waals surface area contributed by atoms with Crippen LogP contribution in [0, 0.1) is 0 Å². The molecule has 24 heavy (non-hydrogen) atoms. The monoisotopic (exact) mass is 323 g/mol. The number of aromatic amines is 1. The molecule has 1 aromatic carbocycles. The van der Waals surface area contributed by atoms with Crippen molar-refractivity contribution in [1.82, 2.24) is 14.8 Å². The second-order valence-electron chi connectivity index (χ2n) is 6.36. The molecule has 2 aliphatic rings. The van der Waals surface area contributed by atoms with Crippen LogP contribution in [-0.2, 0) is 22.6 Å². The number of hydrogen-bond acceptors (Lipinski definition) is 3. The SMILES string of the molecule is C=CC(=O)Cc1ccc2[nH]c3c(c2c1)C1CN(C3)C(=O)N(C)C1=O. The van der Waals surface area contributed by atoms with E-state index in [4.69, 9.17) is 0 Å². The molecular formula is C18H17N3O3. The van der Waals surface area contributed by atoms with Gasteiger partial charge in [0.2, 0.25) is 5.91 Å². The van der Waals surface area contributed by atoms with Crippen molar-refractivity contribution in [2.75, 3.05) is 13.6 Å². The quantitative estimate of drug-likeness (QED) is 0.878. The van der Waals surface area contributed by atoms with Crippen LogP contribution in [0.1, 0.15) is 22.7 Å². The van der Waals surface area contributed by atoms with Crippen LogP contribution < -0.4 is 0 Å². The van der Waals surface area contributed by atoms with Gasteiger partial charge in [-0.3, -0.25) is 14.5 Å². The van der Waals surface area contributed by atoms with Crippen molar-refractivity contribution in [2.45, 2.75) is 18.9 Å². The first-order valence-corrected chi connectivity index (χ1v) is 7.84. The van der Waals surface area contributed by atoms with Gasteiger partial charge in [-0.25, -0.2) is 4.79 Å². The Morgan fingerprint density at radius 3 is 2.96 bits per heavy atom. The number of rotatable bonds is 3. The first kappa shape index (κ1) is 14.7. The van der Waals surface area contributed by atoms with Crippen LogP contribution in [0.5, 0.6) is 0 Å². The number of ketones is 1. The molecule has 1 saturated heterocycles. The predicted octanol–water partition coefficient (Wildman–Crippen LogP) is 1.96. The largest absolute Gasteiger partial charge is 0.357 e. The third-order valence-corrected chi connectivity index (χ3v) is 4.88. The number of imide groups is 1. The Hall–Kier alpha value is -2.89. The minimum absolute atomic E-state index is 0.0380. The molecule has 0 saturated carbocycles. The fraction of sp³-hybridized carbons (Fsp3) is 0.278. The van der Waals surface area contributed by atoms with E-state index in [1.54, 1.807) is 4.90 Å². The molecule has 1 N–H and O–H groups in total. The smallest absolute Gasteiger partial charge is 0.326 e. The zero-order chi connectivity index (χ0) is 17.0. The zero-order valence-electron chi connectivity index (χ0n) is 13.3. The number of aromatic nitrogens is 1. The Labute approximate surface area is 138 Å². The number of carbonyl (C=O) groups excluding carboxylic acids is 3. The number of nitrogens with one attached hydrogen (secondary N) is 1. The van der Waals surface area contributed by atoms with Gasteiger partial charge in [-0.1, -0.05) is 12.6 Å². The highest BCUT2D eigenvalue weighted by Crippen LogP contribution is 2.38. The summed E-state index contributed by atoms with van der Waals surface area (Å²) in [4.78, 5) is 42.5. The number of fused-ring (bicyclic) bond motifs is 6. The summed E-state index contributed by atoms with van der Waals surface area (Å²) in [6.07, 6.45) is 1.61. The van der Waals surface area contributed by atoms with Crippen LogP contribution >= 0.6 is 0 Å². The van der Waals surface area contributed by atoms with Gasteiger partial charge in [-0.15, -0.1) is 0 Å². The Kier molecular flexibility index (Phi) is 3.09. The van der Waals surface area contributed by atoms with Gasteiger partial charge in [0.05, 0.1) is 12.5 Å². The van der Waals surface area contributed by atoms with E-state index in [0.29, 0.717) is 19.5 Å². The highest BCUT2D eigenvalue weighted by Gasteiger charge is 2.43. The highest BCUT2D eigenvalue weighted by atomic mass is 16.2. The topological polar surface area (TPSA) is 73.5 Å². The minimum atomic E-state index is -0.351. The highest BCUT2D eigenvalue weighted by molar-refractivity contribution is 6.04. The van der Waals surface area contributed by atoms with E-state index in [1.807, 2.05) is 18.2 Å². The van der Waals surface area contributed by atoms with Gasteiger partial charge in [0, 0.05) is 36.6 Å². The molecule has 0 radical (unpaired) electrons. The lowest BCUT2D eigenvalue weighted by Crippen LogP contribution is -2.55. The molecule has 4 rings (SSSR count). The molecule has 6 heteroatoms. The van der Waals surface area contributed by atoms with E-state index >= 15 is 0 Å². The average Bonchev–Trinajstić information content (AvgIpc) is 2.95. The van der Waals surface area contributed by atoms with Crippen molar-refractivity contribution in [1.29, 1.82) is 0 Å². The summed E-state index contributed by atoms with van der Waals surface area (Å²) in [7, 11) is 1.53. The summed E-state index contributed by atoms with van der Waals surface area (Å²) in [5.74, 6) is -0.565. The zero-order valence-corrected chi connectivity index (χ0v) is 13.3.